The summed E-state index contributed by atoms with van der Waals surface area (Å²) in [4.78, 5) is 55.4. The highest BCUT2D eigenvalue weighted by Crippen LogP contribution is 2.50. The van der Waals surface area contributed by atoms with E-state index >= 15 is 0 Å². The highest BCUT2D eigenvalue weighted by molar-refractivity contribution is 6.14. The van der Waals surface area contributed by atoms with Crippen LogP contribution in [0.4, 0.5) is 11.4 Å². The van der Waals surface area contributed by atoms with Gasteiger partial charge < -0.3 is 15.4 Å². The first-order valence-electron chi connectivity index (χ1n) is 11.5. The lowest BCUT2D eigenvalue weighted by molar-refractivity contribution is -0.137. The highest BCUT2D eigenvalue weighted by Gasteiger charge is 2.54. The first-order chi connectivity index (χ1) is 15.9. The first-order valence-corrected chi connectivity index (χ1v) is 11.5. The summed E-state index contributed by atoms with van der Waals surface area (Å²) in [5, 5.41) is 2.40. The van der Waals surface area contributed by atoms with Crippen molar-refractivity contribution in [3.8, 4) is 0 Å². The number of rotatable bonds is 4. The van der Waals surface area contributed by atoms with Crippen LogP contribution in [0.15, 0.2) is 18.2 Å². The Kier molecular flexibility index (Phi) is 5.57. The van der Waals surface area contributed by atoms with Crippen LogP contribution in [0.2, 0.25) is 0 Å². The molecule has 4 heterocycles. The molecule has 0 bridgehead atoms. The maximum atomic E-state index is 13.8. The number of primary amides is 1. The normalized spacial score (nSPS) is 25.3. The number of fused-ring (bicyclic) bond motifs is 2. The molecule has 1 aromatic carbocycles. The zero-order chi connectivity index (χ0) is 23.2. The van der Waals surface area contributed by atoms with Gasteiger partial charge in [-0.05, 0) is 37.0 Å². The molecule has 33 heavy (non-hydrogen) atoms. The van der Waals surface area contributed by atoms with Crippen LogP contribution in [-0.4, -0.2) is 80.5 Å². The third kappa shape index (κ3) is 3.76. The van der Waals surface area contributed by atoms with Crippen molar-refractivity contribution in [1.82, 2.24) is 10.2 Å². The smallest absolute Gasteiger partial charge is 0.249 e. The fraction of sp³-hybridized carbons (Fsp3) is 0.565. The van der Waals surface area contributed by atoms with E-state index in [0.717, 1.165) is 43.1 Å². The summed E-state index contributed by atoms with van der Waals surface area (Å²) < 4.78 is 5.55. The van der Waals surface area contributed by atoms with Crippen molar-refractivity contribution in [3.05, 3.63) is 23.8 Å². The van der Waals surface area contributed by atoms with Gasteiger partial charge in [-0.15, -0.1) is 0 Å². The van der Waals surface area contributed by atoms with E-state index in [2.05, 4.69) is 10.2 Å². The second-order valence-electron chi connectivity index (χ2n) is 9.27. The zero-order valence-corrected chi connectivity index (χ0v) is 18.5. The van der Waals surface area contributed by atoms with E-state index in [-0.39, 0.29) is 30.7 Å². The van der Waals surface area contributed by atoms with Crippen LogP contribution >= 0.6 is 0 Å². The molecule has 1 unspecified atom stereocenters. The molecule has 0 aromatic heterocycles. The lowest BCUT2D eigenvalue weighted by Crippen LogP contribution is -2.56. The maximum absolute atomic E-state index is 13.8. The average Bonchev–Trinajstić information content (AvgIpc) is 3.02. The number of carbonyl (C=O) groups is 4. The SMILES string of the molecule is NC(=O)CN1CCN(c2ccc3c(c2)N(C2CCC(=O)NC2=O)C(=O)C32CCOCC2)CC1. The number of nitrogens with zero attached hydrogens (tertiary/aromatic N) is 3. The van der Waals surface area contributed by atoms with E-state index in [4.69, 9.17) is 10.5 Å². The minimum Gasteiger partial charge on any atom is -0.381 e. The fourth-order valence-electron chi connectivity index (χ4n) is 5.60. The molecule has 4 aliphatic heterocycles. The topological polar surface area (TPSA) is 125 Å². The molecule has 4 amide bonds. The van der Waals surface area contributed by atoms with Crippen molar-refractivity contribution < 1.29 is 23.9 Å². The van der Waals surface area contributed by atoms with E-state index < -0.39 is 17.4 Å². The number of imide groups is 1. The summed E-state index contributed by atoms with van der Waals surface area (Å²) in [7, 11) is 0. The number of hydrogen-bond donors (Lipinski definition) is 2. The minimum absolute atomic E-state index is 0.0706. The van der Waals surface area contributed by atoms with Crippen molar-refractivity contribution in [2.24, 2.45) is 5.73 Å². The van der Waals surface area contributed by atoms with Crippen LogP contribution in [0.25, 0.3) is 0 Å². The van der Waals surface area contributed by atoms with Gasteiger partial charge in [0, 0.05) is 51.5 Å². The number of piperidine rings is 1. The molecule has 3 fully saturated rings. The van der Waals surface area contributed by atoms with E-state index in [1.807, 2.05) is 23.1 Å². The third-order valence-corrected chi connectivity index (χ3v) is 7.37. The number of nitrogens with one attached hydrogen (secondary N) is 1. The lowest BCUT2D eigenvalue weighted by Gasteiger charge is -2.36. The van der Waals surface area contributed by atoms with Gasteiger partial charge in [-0.2, -0.15) is 0 Å². The number of carbonyl (C=O) groups excluding carboxylic acids is 4. The van der Waals surface area contributed by atoms with Crippen LogP contribution in [0.1, 0.15) is 31.2 Å². The Hall–Kier alpha value is -2.98. The standard InChI is InChI=1S/C23H29N5O5/c24-19(29)14-26-7-9-27(10-8-26)15-1-2-16-18(13-15)28(17-3-4-20(30)25-21(17)31)22(32)23(16)5-11-33-12-6-23/h1-2,13,17H,3-12,14H2,(H2,24,29)(H,25,30,31). The Morgan fingerprint density at radius 1 is 1.12 bits per heavy atom. The number of hydrogen-bond acceptors (Lipinski definition) is 7. The zero-order valence-electron chi connectivity index (χ0n) is 18.5. The number of anilines is 2. The Labute approximate surface area is 192 Å². The first kappa shape index (κ1) is 21.8. The van der Waals surface area contributed by atoms with E-state index in [9.17, 15) is 19.2 Å². The molecule has 5 rings (SSSR count). The van der Waals surface area contributed by atoms with Crippen molar-refractivity contribution in [3.63, 3.8) is 0 Å². The second kappa shape index (κ2) is 8.42. The lowest BCUT2D eigenvalue weighted by atomic mass is 9.75. The quantitative estimate of drug-likeness (QED) is 0.586. The summed E-state index contributed by atoms with van der Waals surface area (Å²) in [6.07, 6.45) is 1.69. The predicted octanol–water partition coefficient (Wildman–Crippen LogP) is -0.506. The fourth-order valence-corrected chi connectivity index (χ4v) is 5.60. The van der Waals surface area contributed by atoms with E-state index in [1.54, 1.807) is 4.90 Å². The van der Waals surface area contributed by atoms with E-state index in [0.29, 0.717) is 32.5 Å². The molecule has 10 heteroatoms. The molecule has 176 valence electrons. The van der Waals surface area contributed by atoms with Crippen LogP contribution in [0.3, 0.4) is 0 Å². The van der Waals surface area contributed by atoms with Crippen molar-refractivity contribution >= 4 is 35.0 Å². The van der Waals surface area contributed by atoms with Gasteiger partial charge in [-0.3, -0.25) is 34.3 Å². The summed E-state index contributed by atoms with van der Waals surface area (Å²) in [6.45, 7) is 4.15. The van der Waals surface area contributed by atoms with Gasteiger partial charge in [0.25, 0.3) is 0 Å². The molecular weight excluding hydrogens is 426 g/mol. The second-order valence-corrected chi connectivity index (χ2v) is 9.27. The van der Waals surface area contributed by atoms with Gasteiger partial charge in [-0.25, -0.2) is 0 Å². The van der Waals surface area contributed by atoms with Crippen molar-refractivity contribution in [2.75, 3.05) is 55.7 Å². The van der Waals surface area contributed by atoms with Crippen molar-refractivity contribution in [1.29, 1.82) is 0 Å². The van der Waals surface area contributed by atoms with Gasteiger partial charge >= 0.3 is 0 Å². The third-order valence-electron chi connectivity index (χ3n) is 7.37. The molecule has 4 aliphatic rings. The van der Waals surface area contributed by atoms with Gasteiger partial charge in [0.05, 0.1) is 17.6 Å². The molecule has 1 atom stereocenters. The van der Waals surface area contributed by atoms with Crippen molar-refractivity contribution in [2.45, 2.75) is 37.1 Å². The number of piperazine rings is 1. The maximum Gasteiger partial charge on any atom is 0.249 e. The number of benzene rings is 1. The van der Waals surface area contributed by atoms with E-state index in [1.165, 1.54) is 0 Å². The highest BCUT2D eigenvalue weighted by atomic mass is 16.5. The molecule has 0 aliphatic carbocycles. The Bertz CT molecular complexity index is 997. The number of ether oxygens (including phenoxy) is 1. The summed E-state index contributed by atoms with van der Waals surface area (Å²) in [5.74, 6) is -1.12. The van der Waals surface area contributed by atoms with Crippen LogP contribution in [0.5, 0.6) is 0 Å². The molecule has 1 aromatic rings. The Balaban J connectivity index is 1.47. The van der Waals surface area contributed by atoms with Gasteiger partial charge in [0.15, 0.2) is 0 Å². The van der Waals surface area contributed by atoms with Gasteiger partial charge in [0.2, 0.25) is 23.6 Å². The monoisotopic (exact) mass is 455 g/mol. The Morgan fingerprint density at radius 2 is 1.85 bits per heavy atom. The number of amides is 4. The molecule has 3 N–H and O–H groups in total. The molecule has 1 spiro atoms. The van der Waals surface area contributed by atoms with Gasteiger partial charge in [-0.1, -0.05) is 6.07 Å². The molecule has 3 saturated heterocycles. The summed E-state index contributed by atoms with van der Waals surface area (Å²) >= 11 is 0. The van der Waals surface area contributed by atoms with Crippen LogP contribution < -0.4 is 20.9 Å². The summed E-state index contributed by atoms with van der Waals surface area (Å²) in [5.41, 5.74) is 7.31. The molecule has 0 radical (unpaired) electrons. The minimum atomic E-state index is -0.696. The molecule has 10 nitrogen and oxygen atoms in total. The van der Waals surface area contributed by atoms with Crippen LogP contribution in [-0.2, 0) is 29.3 Å². The van der Waals surface area contributed by atoms with Gasteiger partial charge in [0.1, 0.15) is 6.04 Å². The Morgan fingerprint density at radius 3 is 2.52 bits per heavy atom. The average molecular weight is 456 g/mol. The largest absolute Gasteiger partial charge is 0.381 e. The van der Waals surface area contributed by atoms with Crippen LogP contribution in [0, 0.1) is 0 Å². The number of nitrogens with two attached hydrogens (primary N) is 1. The predicted molar refractivity (Wildman–Crippen MR) is 120 cm³/mol. The summed E-state index contributed by atoms with van der Waals surface area (Å²) in [6, 6.07) is 5.38. The molecule has 0 saturated carbocycles. The molecular formula is C23H29N5O5.